The molecule has 2 atom stereocenters. The molecule has 2 N–H and O–H groups in total. The van der Waals surface area contributed by atoms with Crippen molar-refractivity contribution >= 4 is 0 Å². The van der Waals surface area contributed by atoms with Crippen molar-refractivity contribution in [3.8, 4) is 11.5 Å². The summed E-state index contributed by atoms with van der Waals surface area (Å²) in [6, 6.07) is 6.27. The SMILES string of the molecule is COc1cc(OC)cc(C2CCC2N)c1. The second-order valence-electron chi connectivity index (χ2n) is 3.99. The lowest BCUT2D eigenvalue weighted by atomic mass is 9.75. The van der Waals surface area contributed by atoms with E-state index in [1.807, 2.05) is 18.2 Å². The van der Waals surface area contributed by atoms with E-state index < -0.39 is 0 Å². The number of rotatable bonds is 3. The number of hydrogen-bond donors (Lipinski definition) is 1. The molecule has 1 aliphatic rings. The van der Waals surface area contributed by atoms with Gasteiger partial charge in [-0.15, -0.1) is 0 Å². The van der Waals surface area contributed by atoms with Crippen LogP contribution in [-0.4, -0.2) is 20.3 Å². The van der Waals surface area contributed by atoms with Crippen molar-refractivity contribution in [3.05, 3.63) is 23.8 Å². The molecule has 0 heterocycles. The average molecular weight is 207 g/mol. The summed E-state index contributed by atoms with van der Waals surface area (Å²) in [5, 5.41) is 0. The molecule has 3 nitrogen and oxygen atoms in total. The molecular weight excluding hydrogens is 190 g/mol. The van der Waals surface area contributed by atoms with Crippen LogP contribution in [0.5, 0.6) is 11.5 Å². The molecule has 1 saturated carbocycles. The van der Waals surface area contributed by atoms with E-state index in [1.54, 1.807) is 14.2 Å². The summed E-state index contributed by atoms with van der Waals surface area (Å²) < 4.78 is 10.5. The lowest BCUT2D eigenvalue weighted by molar-refractivity contribution is 0.341. The molecule has 2 unspecified atom stereocenters. The number of methoxy groups -OCH3 is 2. The Balaban J connectivity index is 2.29. The van der Waals surface area contributed by atoms with Crippen molar-refractivity contribution in [2.45, 2.75) is 24.8 Å². The van der Waals surface area contributed by atoms with E-state index >= 15 is 0 Å². The maximum atomic E-state index is 5.96. The Morgan fingerprint density at radius 1 is 1.07 bits per heavy atom. The molecule has 1 fully saturated rings. The van der Waals surface area contributed by atoms with Gasteiger partial charge in [0.25, 0.3) is 0 Å². The predicted octanol–water partition coefficient (Wildman–Crippen LogP) is 1.91. The minimum atomic E-state index is 0.293. The zero-order valence-electron chi connectivity index (χ0n) is 9.19. The first-order valence-corrected chi connectivity index (χ1v) is 5.23. The highest BCUT2D eigenvalue weighted by atomic mass is 16.5. The van der Waals surface area contributed by atoms with Gasteiger partial charge in [-0.05, 0) is 36.5 Å². The third kappa shape index (κ3) is 1.92. The van der Waals surface area contributed by atoms with Crippen LogP contribution >= 0.6 is 0 Å². The standard InChI is InChI=1S/C12H17NO2/c1-14-9-5-8(6-10(7-9)15-2)11-3-4-12(11)13/h5-7,11-12H,3-4,13H2,1-2H3. The van der Waals surface area contributed by atoms with Gasteiger partial charge in [-0.1, -0.05) is 0 Å². The normalized spacial score (nSPS) is 24.5. The molecule has 82 valence electrons. The molecule has 0 saturated heterocycles. The zero-order valence-corrected chi connectivity index (χ0v) is 9.19. The van der Waals surface area contributed by atoms with Crippen molar-refractivity contribution in [2.24, 2.45) is 5.73 Å². The van der Waals surface area contributed by atoms with Crippen LogP contribution in [0.2, 0.25) is 0 Å². The Labute approximate surface area is 90.2 Å². The molecule has 1 aromatic rings. The molecule has 0 radical (unpaired) electrons. The first-order chi connectivity index (χ1) is 7.24. The van der Waals surface area contributed by atoms with Crippen LogP contribution in [0.3, 0.4) is 0 Å². The van der Waals surface area contributed by atoms with Crippen molar-refractivity contribution in [2.75, 3.05) is 14.2 Å². The van der Waals surface area contributed by atoms with Crippen molar-refractivity contribution in [1.29, 1.82) is 0 Å². The van der Waals surface area contributed by atoms with Crippen LogP contribution < -0.4 is 15.2 Å². The van der Waals surface area contributed by atoms with Crippen LogP contribution in [0.25, 0.3) is 0 Å². The van der Waals surface area contributed by atoms with E-state index in [9.17, 15) is 0 Å². The van der Waals surface area contributed by atoms with Crippen molar-refractivity contribution < 1.29 is 9.47 Å². The maximum absolute atomic E-state index is 5.96. The van der Waals surface area contributed by atoms with Crippen LogP contribution in [0.4, 0.5) is 0 Å². The largest absolute Gasteiger partial charge is 0.497 e. The molecule has 0 bridgehead atoms. The second-order valence-corrected chi connectivity index (χ2v) is 3.99. The van der Waals surface area contributed by atoms with E-state index in [2.05, 4.69) is 0 Å². The first kappa shape index (κ1) is 10.3. The summed E-state index contributed by atoms with van der Waals surface area (Å²) in [4.78, 5) is 0. The van der Waals surface area contributed by atoms with Gasteiger partial charge in [0, 0.05) is 12.1 Å². The molecule has 0 amide bonds. The topological polar surface area (TPSA) is 44.5 Å². The number of benzene rings is 1. The monoisotopic (exact) mass is 207 g/mol. The Bertz CT molecular complexity index is 329. The van der Waals surface area contributed by atoms with E-state index in [0.29, 0.717) is 12.0 Å². The molecule has 1 aliphatic carbocycles. The Kier molecular flexibility index (Phi) is 2.82. The van der Waals surface area contributed by atoms with Gasteiger partial charge < -0.3 is 15.2 Å². The zero-order chi connectivity index (χ0) is 10.8. The van der Waals surface area contributed by atoms with E-state index in [1.165, 1.54) is 5.56 Å². The van der Waals surface area contributed by atoms with Gasteiger partial charge in [0.05, 0.1) is 14.2 Å². The molecule has 2 rings (SSSR count). The lowest BCUT2D eigenvalue weighted by Gasteiger charge is -2.34. The van der Waals surface area contributed by atoms with Gasteiger partial charge in [-0.25, -0.2) is 0 Å². The maximum Gasteiger partial charge on any atom is 0.122 e. The van der Waals surface area contributed by atoms with E-state index in [0.717, 1.165) is 24.3 Å². The van der Waals surface area contributed by atoms with E-state index in [4.69, 9.17) is 15.2 Å². The second kappa shape index (κ2) is 4.11. The highest BCUT2D eigenvalue weighted by molar-refractivity contribution is 5.41. The van der Waals surface area contributed by atoms with Gasteiger partial charge >= 0.3 is 0 Å². The average Bonchev–Trinajstić information content (AvgIpc) is 2.26. The molecule has 0 aromatic heterocycles. The number of hydrogen-bond acceptors (Lipinski definition) is 3. The van der Waals surface area contributed by atoms with Gasteiger partial charge in [0.15, 0.2) is 0 Å². The van der Waals surface area contributed by atoms with Crippen LogP contribution in [0.15, 0.2) is 18.2 Å². The smallest absolute Gasteiger partial charge is 0.122 e. The number of nitrogens with two attached hydrogens (primary N) is 1. The van der Waals surface area contributed by atoms with Crippen molar-refractivity contribution in [3.63, 3.8) is 0 Å². The van der Waals surface area contributed by atoms with Crippen LogP contribution in [0, 0.1) is 0 Å². The third-order valence-electron chi connectivity index (χ3n) is 3.13. The summed E-state index contributed by atoms with van der Waals surface area (Å²) in [5.74, 6) is 2.14. The highest BCUT2D eigenvalue weighted by Crippen LogP contribution is 2.38. The highest BCUT2D eigenvalue weighted by Gasteiger charge is 2.29. The van der Waals surface area contributed by atoms with Gasteiger partial charge in [-0.2, -0.15) is 0 Å². The van der Waals surface area contributed by atoms with Gasteiger partial charge in [0.2, 0.25) is 0 Å². The summed E-state index contributed by atoms with van der Waals surface area (Å²) in [6.45, 7) is 0. The lowest BCUT2D eigenvalue weighted by Crippen LogP contribution is -2.37. The summed E-state index contributed by atoms with van der Waals surface area (Å²) >= 11 is 0. The number of ether oxygens (including phenoxy) is 2. The van der Waals surface area contributed by atoms with E-state index in [-0.39, 0.29) is 0 Å². The van der Waals surface area contributed by atoms with Crippen LogP contribution in [-0.2, 0) is 0 Å². The van der Waals surface area contributed by atoms with Crippen molar-refractivity contribution in [1.82, 2.24) is 0 Å². The Morgan fingerprint density at radius 3 is 2.00 bits per heavy atom. The fourth-order valence-corrected chi connectivity index (χ4v) is 1.98. The molecular formula is C12H17NO2. The Hall–Kier alpha value is -1.22. The summed E-state index contributed by atoms with van der Waals surface area (Å²) in [7, 11) is 3.33. The molecule has 0 spiro atoms. The fourth-order valence-electron chi connectivity index (χ4n) is 1.98. The molecule has 0 aliphatic heterocycles. The van der Waals surface area contributed by atoms with Crippen LogP contribution in [0.1, 0.15) is 24.3 Å². The quantitative estimate of drug-likeness (QED) is 0.823. The third-order valence-corrected chi connectivity index (χ3v) is 3.13. The minimum Gasteiger partial charge on any atom is -0.497 e. The summed E-state index contributed by atoms with van der Waals surface area (Å²) in [5.41, 5.74) is 7.18. The predicted molar refractivity (Wildman–Crippen MR) is 59.5 cm³/mol. The van der Waals surface area contributed by atoms with Gasteiger partial charge in [-0.3, -0.25) is 0 Å². The fraction of sp³-hybridized carbons (Fsp3) is 0.500. The summed E-state index contributed by atoms with van der Waals surface area (Å²) in [6.07, 6.45) is 2.28. The molecule has 15 heavy (non-hydrogen) atoms. The first-order valence-electron chi connectivity index (χ1n) is 5.23. The molecule has 1 aromatic carbocycles. The minimum absolute atomic E-state index is 0.293. The molecule has 3 heteroatoms. The van der Waals surface area contributed by atoms with Gasteiger partial charge in [0.1, 0.15) is 11.5 Å². The Morgan fingerprint density at radius 2 is 1.67 bits per heavy atom.